The third-order valence-electron chi connectivity index (χ3n) is 1.58. The summed E-state index contributed by atoms with van der Waals surface area (Å²) in [5.41, 5.74) is 0. The molecule has 0 saturated heterocycles. The quantitative estimate of drug-likeness (QED) is 0.0797. The molecule has 0 heterocycles. The number of carboxylic acid groups (broad SMARTS) is 4. The van der Waals surface area contributed by atoms with Gasteiger partial charge in [0, 0.05) is 23.0 Å². The number of rotatable bonds is 12. The van der Waals surface area contributed by atoms with Crippen molar-refractivity contribution in [3.8, 4) is 0 Å². The molecule has 0 atom stereocenters. The van der Waals surface area contributed by atoms with Crippen molar-refractivity contribution in [2.75, 3.05) is 59.6 Å². The monoisotopic (exact) mass is 612 g/mol. The Morgan fingerprint density at radius 3 is 0.853 bits per heavy atom. The van der Waals surface area contributed by atoms with Crippen LogP contribution in [0.4, 0.5) is 0 Å². The lowest BCUT2D eigenvalue weighted by atomic mass is 10.5. The van der Waals surface area contributed by atoms with Crippen LogP contribution >= 0.6 is 74.0 Å². The van der Waals surface area contributed by atoms with Crippen LogP contribution in [-0.4, -0.2) is 124 Å². The summed E-state index contributed by atoms with van der Waals surface area (Å²) in [6, 6.07) is 0. The van der Waals surface area contributed by atoms with Crippen molar-refractivity contribution in [1.29, 1.82) is 0 Å². The third-order valence-corrected chi connectivity index (χ3v) is 3.87. The number of thiol groups is 4. The molecule has 0 unspecified atom stereocenters. The largest absolute Gasteiger partial charge is 0.481 e. The number of carbonyl (C=O) groups is 4. The zero-order valence-corrected chi connectivity index (χ0v) is 23.5. The second kappa shape index (κ2) is 49.8. The summed E-state index contributed by atoms with van der Waals surface area (Å²) in [6.45, 7) is 0.426. The zero-order valence-electron chi connectivity index (χ0n) is 18.3. The molecule has 18 heteroatoms. The van der Waals surface area contributed by atoms with Crippen LogP contribution in [0.2, 0.25) is 0 Å². The van der Waals surface area contributed by atoms with Crippen molar-refractivity contribution in [1.82, 2.24) is 0 Å². The Morgan fingerprint density at radius 1 is 0.529 bits per heavy atom. The summed E-state index contributed by atoms with van der Waals surface area (Å²) in [4.78, 5) is 37.7. The summed E-state index contributed by atoms with van der Waals surface area (Å²) in [6.07, 6.45) is 0.312. The average Bonchev–Trinajstić information content (AvgIpc) is 2.76. The number of hydrogen-bond donors (Lipinski definition) is 12. The van der Waals surface area contributed by atoms with E-state index in [0.29, 0.717) is 11.5 Å². The third kappa shape index (κ3) is 121. The molecule has 0 aromatic heterocycles. The minimum atomic E-state index is -0.881. The van der Waals surface area contributed by atoms with Crippen molar-refractivity contribution in [2.45, 2.75) is 12.8 Å². The van der Waals surface area contributed by atoms with Crippen LogP contribution in [0.25, 0.3) is 0 Å². The van der Waals surface area contributed by atoms with E-state index in [9.17, 15) is 19.2 Å². The van der Waals surface area contributed by atoms with E-state index in [1.165, 1.54) is 0 Å². The molecule has 0 bridgehead atoms. The maximum absolute atomic E-state index is 9.55. The Kier molecular flexibility index (Phi) is 69.0. The first-order chi connectivity index (χ1) is 15.9. The molecular formula is C16H36O12S6. The van der Waals surface area contributed by atoms with Gasteiger partial charge in [0.05, 0.1) is 49.4 Å². The molecule has 34 heavy (non-hydrogen) atoms. The summed E-state index contributed by atoms with van der Waals surface area (Å²) in [5, 5.41) is 63.1. The molecule has 0 rings (SSSR count). The van der Waals surface area contributed by atoms with Crippen molar-refractivity contribution >= 4 is 97.9 Å². The average molecular weight is 613 g/mol. The van der Waals surface area contributed by atoms with Gasteiger partial charge in [-0.05, 0) is 0 Å². The molecule has 0 aliphatic carbocycles. The highest BCUT2D eigenvalue weighted by molar-refractivity contribution is 7.99. The molecule has 0 aliphatic rings. The Balaban J connectivity index is -0.0000000695. The predicted octanol–water partition coefficient (Wildman–Crippen LogP) is 0.107. The van der Waals surface area contributed by atoms with Crippen molar-refractivity contribution in [3.05, 3.63) is 0 Å². The first-order valence-electron chi connectivity index (χ1n) is 8.81. The van der Waals surface area contributed by atoms with E-state index in [-0.39, 0.29) is 49.4 Å². The molecule has 8 N–H and O–H groups in total. The highest BCUT2D eigenvalue weighted by atomic mass is 32.2. The minimum Gasteiger partial charge on any atom is -0.481 e. The lowest BCUT2D eigenvalue weighted by Crippen LogP contribution is -1.93. The number of aliphatic hydroxyl groups is 4. The highest BCUT2D eigenvalue weighted by Gasteiger charge is 1.88. The Bertz CT molecular complexity index is 397. The summed E-state index contributed by atoms with van der Waals surface area (Å²) < 4.78 is 0. The Morgan fingerprint density at radius 2 is 0.794 bits per heavy atom. The van der Waals surface area contributed by atoms with Crippen LogP contribution < -0.4 is 0 Å². The van der Waals surface area contributed by atoms with Gasteiger partial charge < -0.3 is 40.9 Å². The second-order valence-corrected chi connectivity index (χ2v) is 8.04. The van der Waals surface area contributed by atoms with Gasteiger partial charge in [0.1, 0.15) is 0 Å². The van der Waals surface area contributed by atoms with Crippen molar-refractivity contribution in [2.24, 2.45) is 0 Å². The lowest BCUT2D eigenvalue weighted by Gasteiger charge is -1.90. The van der Waals surface area contributed by atoms with E-state index >= 15 is 0 Å². The van der Waals surface area contributed by atoms with Gasteiger partial charge in [-0.25, -0.2) is 0 Å². The van der Waals surface area contributed by atoms with E-state index in [0.717, 1.165) is 23.3 Å². The first kappa shape index (κ1) is 47.1. The maximum Gasteiger partial charge on any atom is 0.313 e. The molecule has 0 aromatic rings. The molecule has 0 amide bonds. The number of thioether (sulfide) groups is 2. The fraction of sp³-hybridized carbons (Fsp3) is 0.750. The standard InChI is InChI=1S/C4H10O2S.2C3H6O2S.C2H6O2S.2C2H4O2S/c5-1-3-7-4-2-6;2*4-3(5)1-2-6;3-1-5-2-4;2*3-2(4)1-5/h5-6H,1-4H2;2*6H,1-2H2,(H,4,5);3-4H,1-2H2;2*5H,1H2,(H,3,4). The smallest absolute Gasteiger partial charge is 0.313 e. The zero-order chi connectivity index (χ0) is 28.2. The molecule has 0 spiro atoms. The topological polar surface area (TPSA) is 230 Å². The fourth-order valence-corrected chi connectivity index (χ4v) is 1.39. The van der Waals surface area contributed by atoms with E-state index in [1.807, 2.05) is 0 Å². The number of hydrogen-bond acceptors (Lipinski definition) is 14. The summed E-state index contributed by atoms with van der Waals surface area (Å²) in [7, 11) is 0. The van der Waals surface area contributed by atoms with Crippen molar-refractivity contribution in [3.63, 3.8) is 0 Å². The highest BCUT2D eigenvalue weighted by Crippen LogP contribution is 1.94. The molecule has 0 saturated carbocycles. The molecular weight excluding hydrogens is 577 g/mol. The van der Waals surface area contributed by atoms with E-state index in [4.69, 9.17) is 40.9 Å². The minimum absolute atomic E-state index is 0.0104. The van der Waals surface area contributed by atoms with Crippen LogP contribution in [0.15, 0.2) is 0 Å². The van der Waals surface area contributed by atoms with Gasteiger partial charge in [0.25, 0.3) is 0 Å². The molecule has 0 aliphatic heterocycles. The van der Waals surface area contributed by atoms with Crippen molar-refractivity contribution < 1.29 is 60.0 Å². The van der Waals surface area contributed by atoms with Crippen LogP contribution in [0.5, 0.6) is 0 Å². The number of aliphatic hydroxyl groups excluding tert-OH is 4. The van der Waals surface area contributed by atoms with Gasteiger partial charge in [0.15, 0.2) is 0 Å². The molecule has 0 fully saturated rings. The number of carboxylic acids is 4. The van der Waals surface area contributed by atoms with Gasteiger partial charge >= 0.3 is 23.9 Å². The SMILES string of the molecule is O=C(O)CCS.O=C(O)CCS.O=C(O)CS.O=C(O)CS.OCCSCCO.OCSCO. The maximum atomic E-state index is 9.55. The Hall–Kier alpha value is -0.180. The van der Waals surface area contributed by atoms with E-state index < -0.39 is 23.9 Å². The van der Waals surface area contributed by atoms with E-state index in [2.05, 4.69) is 50.5 Å². The lowest BCUT2D eigenvalue weighted by molar-refractivity contribution is -0.137. The van der Waals surface area contributed by atoms with Gasteiger partial charge in [-0.15, -0.1) is 11.8 Å². The van der Waals surface area contributed by atoms with Crippen LogP contribution in [0.1, 0.15) is 12.8 Å². The summed E-state index contributed by atoms with van der Waals surface area (Å²) in [5.74, 6) is -1.16. The van der Waals surface area contributed by atoms with Gasteiger partial charge in [-0.1, -0.05) is 0 Å². The second-order valence-electron chi connectivity index (χ2n) is 4.36. The first-order valence-corrected chi connectivity index (χ1v) is 13.6. The fourth-order valence-electron chi connectivity index (χ4n) is 0.463. The molecule has 0 aromatic carbocycles. The Labute approximate surface area is 229 Å². The van der Waals surface area contributed by atoms with Crippen LogP contribution in [-0.2, 0) is 19.2 Å². The normalized spacial score (nSPS) is 8.24. The van der Waals surface area contributed by atoms with Gasteiger partial charge in [0.2, 0.25) is 0 Å². The molecule has 12 nitrogen and oxygen atoms in total. The molecule has 208 valence electrons. The van der Waals surface area contributed by atoms with Crippen LogP contribution in [0.3, 0.4) is 0 Å². The predicted molar refractivity (Wildman–Crippen MR) is 148 cm³/mol. The number of aliphatic carboxylic acids is 4. The van der Waals surface area contributed by atoms with Crippen LogP contribution in [0, 0.1) is 0 Å². The van der Waals surface area contributed by atoms with E-state index in [1.54, 1.807) is 11.8 Å². The summed E-state index contributed by atoms with van der Waals surface area (Å²) >= 11 is 16.8. The molecule has 0 radical (unpaired) electrons. The van der Waals surface area contributed by atoms with Gasteiger partial charge in [-0.3, -0.25) is 19.2 Å². The van der Waals surface area contributed by atoms with Gasteiger partial charge in [-0.2, -0.15) is 62.3 Å².